The number of fused-ring (bicyclic) bond motifs is 2. The Morgan fingerprint density at radius 2 is 1.91 bits per heavy atom. The van der Waals surface area contributed by atoms with E-state index >= 15 is 0 Å². The van der Waals surface area contributed by atoms with Crippen LogP contribution in [0.1, 0.15) is 19.4 Å². The van der Waals surface area contributed by atoms with E-state index in [1.165, 1.54) is 0 Å². The summed E-state index contributed by atoms with van der Waals surface area (Å²) in [6.07, 6.45) is 7.21. The summed E-state index contributed by atoms with van der Waals surface area (Å²) < 4.78 is 0. The topological polar surface area (TPSA) is 82.1 Å². The molecule has 2 bridgehead atoms. The Morgan fingerprint density at radius 1 is 1.22 bits per heavy atom. The first-order chi connectivity index (χ1) is 11.0. The highest BCUT2D eigenvalue weighted by molar-refractivity contribution is 5.87. The van der Waals surface area contributed by atoms with E-state index in [4.69, 9.17) is 0 Å². The van der Waals surface area contributed by atoms with Gasteiger partial charge in [-0.1, -0.05) is 29.4 Å². The predicted molar refractivity (Wildman–Crippen MR) is 82.6 cm³/mol. The van der Waals surface area contributed by atoms with Gasteiger partial charge in [-0.15, -0.1) is 0 Å². The van der Waals surface area contributed by atoms with Crippen molar-refractivity contribution in [3.05, 3.63) is 53.4 Å². The van der Waals surface area contributed by atoms with Gasteiger partial charge < -0.3 is 15.2 Å². The molecule has 1 aromatic rings. The Bertz CT molecular complexity index is 689. The molecule has 0 saturated heterocycles. The van der Waals surface area contributed by atoms with E-state index < -0.39 is 17.8 Å². The molecule has 0 aromatic carbocycles. The molecule has 2 aliphatic rings. The molecule has 0 unspecified atom stereocenters. The zero-order valence-corrected chi connectivity index (χ0v) is 13.2. The number of nitrogens with zero attached hydrogens (tertiary/aromatic N) is 1. The first kappa shape index (κ1) is 15.5. The lowest BCUT2D eigenvalue weighted by atomic mass is 9.82. The quantitative estimate of drug-likeness (QED) is 0.835. The van der Waals surface area contributed by atoms with Crippen molar-refractivity contribution in [2.24, 2.45) is 23.7 Å². The molecule has 1 amide bonds. The van der Waals surface area contributed by atoms with Crippen LogP contribution in [0.3, 0.4) is 0 Å². The van der Waals surface area contributed by atoms with Crippen LogP contribution in [-0.2, 0) is 16.1 Å². The Balaban J connectivity index is 1.80. The van der Waals surface area contributed by atoms with Gasteiger partial charge in [-0.3, -0.25) is 9.78 Å². The number of nitrogens with one attached hydrogen (secondary N) is 1. The fourth-order valence-corrected chi connectivity index (χ4v) is 3.84. The molecule has 1 saturated carbocycles. The largest absolute Gasteiger partial charge is 0.550 e. The second kappa shape index (κ2) is 5.99. The number of carbonyl (C=O) groups excluding carboxylic acids is 2. The molecule has 1 fully saturated rings. The van der Waals surface area contributed by atoms with Crippen molar-refractivity contribution in [3.63, 3.8) is 0 Å². The van der Waals surface area contributed by atoms with Crippen molar-refractivity contribution in [1.82, 2.24) is 10.3 Å². The Morgan fingerprint density at radius 3 is 2.48 bits per heavy atom. The van der Waals surface area contributed by atoms with Gasteiger partial charge in [0.15, 0.2) is 0 Å². The SMILES string of the molecule is CC(C)=C1[C@H]2C=C[C@@H]1[C@@H](C(=O)NCc1cccnc1)[C@H]2C(=O)[O-]. The van der Waals surface area contributed by atoms with E-state index in [9.17, 15) is 14.7 Å². The molecule has 0 aliphatic heterocycles. The molecule has 2 aliphatic carbocycles. The first-order valence-electron chi connectivity index (χ1n) is 7.73. The predicted octanol–water partition coefficient (Wildman–Crippen LogP) is 0.832. The van der Waals surface area contributed by atoms with Gasteiger partial charge in [-0.2, -0.15) is 0 Å². The highest BCUT2D eigenvalue weighted by Gasteiger charge is 2.52. The van der Waals surface area contributed by atoms with Crippen molar-refractivity contribution in [3.8, 4) is 0 Å². The number of carbonyl (C=O) groups is 2. The fraction of sp³-hybridized carbons (Fsp3) is 0.389. The minimum Gasteiger partial charge on any atom is -0.550 e. The Kier molecular flexibility index (Phi) is 4.03. The van der Waals surface area contributed by atoms with Crippen LogP contribution < -0.4 is 10.4 Å². The average Bonchev–Trinajstić information content (AvgIpc) is 3.09. The molecular weight excluding hydrogens is 292 g/mol. The number of allylic oxidation sites excluding steroid dienone is 4. The second-order valence-electron chi connectivity index (χ2n) is 6.34. The molecule has 1 N–H and O–H groups in total. The lowest BCUT2D eigenvalue weighted by Gasteiger charge is -2.27. The van der Waals surface area contributed by atoms with Gasteiger partial charge in [0.2, 0.25) is 5.91 Å². The van der Waals surface area contributed by atoms with E-state index in [-0.39, 0.29) is 17.7 Å². The van der Waals surface area contributed by atoms with Gasteiger partial charge in [0.05, 0.1) is 5.92 Å². The van der Waals surface area contributed by atoms with Gasteiger partial charge in [0.25, 0.3) is 0 Å². The summed E-state index contributed by atoms with van der Waals surface area (Å²) in [4.78, 5) is 28.2. The third-order valence-electron chi connectivity index (χ3n) is 4.75. The van der Waals surface area contributed by atoms with Crippen molar-refractivity contribution < 1.29 is 14.7 Å². The molecule has 5 heteroatoms. The second-order valence-corrected chi connectivity index (χ2v) is 6.34. The number of aromatic nitrogens is 1. The molecule has 5 nitrogen and oxygen atoms in total. The summed E-state index contributed by atoms with van der Waals surface area (Å²) in [7, 11) is 0. The number of pyridine rings is 1. The first-order valence-corrected chi connectivity index (χ1v) is 7.73. The van der Waals surface area contributed by atoms with Crippen LogP contribution in [-0.4, -0.2) is 16.9 Å². The smallest absolute Gasteiger partial charge is 0.225 e. The van der Waals surface area contributed by atoms with Crippen LogP contribution in [0.25, 0.3) is 0 Å². The maximum Gasteiger partial charge on any atom is 0.225 e. The fourth-order valence-electron chi connectivity index (χ4n) is 3.84. The zero-order valence-electron chi connectivity index (χ0n) is 13.2. The van der Waals surface area contributed by atoms with E-state index in [0.717, 1.165) is 16.7 Å². The normalized spacial score (nSPS) is 28.0. The number of amides is 1. The van der Waals surface area contributed by atoms with Gasteiger partial charge >= 0.3 is 0 Å². The van der Waals surface area contributed by atoms with Crippen molar-refractivity contribution >= 4 is 11.9 Å². The summed E-state index contributed by atoms with van der Waals surface area (Å²) >= 11 is 0. The lowest BCUT2D eigenvalue weighted by molar-refractivity contribution is -0.313. The average molecular weight is 311 g/mol. The molecule has 120 valence electrons. The van der Waals surface area contributed by atoms with Gasteiger partial charge in [0, 0.05) is 42.7 Å². The van der Waals surface area contributed by atoms with E-state index in [1.807, 2.05) is 32.1 Å². The Hall–Kier alpha value is -2.43. The summed E-state index contributed by atoms with van der Waals surface area (Å²) in [6, 6.07) is 3.67. The molecule has 4 atom stereocenters. The van der Waals surface area contributed by atoms with E-state index in [2.05, 4.69) is 10.3 Å². The standard InChI is InChI=1S/C18H20N2O3/c1-10(2)14-12-5-6-13(14)16(18(22)23)15(12)17(21)20-9-11-4-3-7-19-8-11/h3-8,12-13,15-16H,9H2,1-2H3,(H,20,21)(H,22,23)/p-1/t12-,13+,15+,16-/m0/s1. The van der Waals surface area contributed by atoms with Crippen molar-refractivity contribution in [1.29, 1.82) is 0 Å². The third-order valence-corrected chi connectivity index (χ3v) is 4.75. The van der Waals surface area contributed by atoms with Gasteiger partial charge in [-0.25, -0.2) is 0 Å². The molecular formula is C18H19N2O3-. The van der Waals surface area contributed by atoms with Crippen molar-refractivity contribution in [2.45, 2.75) is 20.4 Å². The summed E-state index contributed by atoms with van der Waals surface area (Å²) in [6.45, 7) is 4.27. The van der Waals surface area contributed by atoms with Crippen LogP contribution in [0.15, 0.2) is 47.8 Å². The van der Waals surface area contributed by atoms with Crippen LogP contribution in [0.2, 0.25) is 0 Å². The minimum absolute atomic E-state index is 0.137. The van der Waals surface area contributed by atoms with Crippen molar-refractivity contribution in [2.75, 3.05) is 0 Å². The summed E-state index contributed by atoms with van der Waals surface area (Å²) in [5.41, 5.74) is 3.02. The minimum atomic E-state index is -1.15. The number of hydrogen-bond donors (Lipinski definition) is 1. The molecule has 1 heterocycles. The van der Waals surface area contributed by atoms with Gasteiger partial charge in [-0.05, 0) is 25.5 Å². The lowest BCUT2D eigenvalue weighted by Crippen LogP contribution is -2.44. The van der Waals surface area contributed by atoms with E-state index in [1.54, 1.807) is 18.5 Å². The number of carboxylic acids is 1. The molecule has 0 spiro atoms. The van der Waals surface area contributed by atoms with Gasteiger partial charge in [0.1, 0.15) is 0 Å². The Labute approximate surface area is 135 Å². The van der Waals surface area contributed by atoms with Crippen LogP contribution in [0.5, 0.6) is 0 Å². The highest BCUT2D eigenvalue weighted by atomic mass is 16.4. The summed E-state index contributed by atoms with van der Waals surface area (Å²) in [5, 5.41) is 14.4. The molecule has 1 aromatic heterocycles. The monoisotopic (exact) mass is 311 g/mol. The molecule has 23 heavy (non-hydrogen) atoms. The van der Waals surface area contributed by atoms with Crippen LogP contribution in [0, 0.1) is 23.7 Å². The van der Waals surface area contributed by atoms with Crippen LogP contribution in [0.4, 0.5) is 0 Å². The third kappa shape index (κ3) is 2.67. The maximum atomic E-state index is 12.6. The number of aliphatic carboxylic acids is 1. The highest BCUT2D eigenvalue weighted by Crippen LogP contribution is 2.52. The number of rotatable bonds is 4. The summed E-state index contributed by atoms with van der Waals surface area (Å²) in [5.74, 6) is -3.13. The maximum absolute atomic E-state index is 12.6. The van der Waals surface area contributed by atoms with E-state index in [0.29, 0.717) is 6.54 Å². The number of hydrogen-bond acceptors (Lipinski definition) is 4. The van der Waals surface area contributed by atoms with Crippen LogP contribution >= 0.6 is 0 Å². The molecule has 3 rings (SSSR count). The number of carboxylic acid groups (broad SMARTS) is 1. The molecule has 0 radical (unpaired) electrons. The zero-order chi connectivity index (χ0) is 16.6.